The molecule has 2 aromatic heterocycles. The van der Waals surface area contributed by atoms with Crippen LogP contribution in [-0.4, -0.2) is 33.2 Å². The minimum absolute atomic E-state index is 0.145. The van der Waals surface area contributed by atoms with Gasteiger partial charge in [0.2, 0.25) is 0 Å². The van der Waals surface area contributed by atoms with E-state index in [2.05, 4.69) is 36.2 Å². The van der Waals surface area contributed by atoms with Gasteiger partial charge in [0.25, 0.3) is 0 Å². The summed E-state index contributed by atoms with van der Waals surface area (Å²) in [5, 5.41) is 12.2. The summed E-state index contributed by atoms with van der Waals surface area (Å²) in [7, 11) is 0. The van der Waals surface area contributed by atoms with Crippen LogP contribution in [-0.2, 0) is 0 Å². The number of rotatable bonds is 6. The summed E-state index contributed by atoms with van der Waals surface area (Å²) in [6.07, 6.45) is 4.18. The van der Waals surface area contributed by atoms with Crippen LogP contribution in [0.1, 0.15) is 6.42 Å². The fourth-order valence-corrected chi connectivity index (χ4v) is 2.61. The number of aliphatic hydroxyl groups excluding tert-OH is 1. The van der Waals surface area contributed by atoms with Gasteiger partial charge in [0.15, 0.2) is 5.82 Å². The van der Waals surface area contributed by atoms with Crippen molar-refractivity contribution in [1.82, 2.24) is 15.0 Å². The van der Waals surface area contributed by atoms with Crippen LogP contribution in [0.5, 0.6) is 0 Å². The maximum atomic E-state index is 8.95. The number of pyridine rings is 1. The van der Waals surface area contributed by atoms with Crippen LogP contribution in [0.3, 0.4) is 0 Å². The fourth-order valence-electron chi connectivity index (χ4n) is 2.25. The molecule has 0 unspecified atom stereocenters. The predicted molar refractivity (Wildman–Crippen MR) is 98.6 cm³/mol. The first-order chi connectivity index (χ1) is 11.8. The first kappa shape index (κ1) is 16.5. The summed E-state index contributed by atoms with van der Waals surface area (Å²) in [5.41, 5.74) is 2.66. The number of anilines is 1. The molecule has 0 fully saturated rings. The fraction of sp³-hybridized carbons (Fsp3) is 0.167. The van der Waals surface area contributed by atoms with Crippen molar-refractivity contribution in [3.8, 4) is 22.6 Å². The van der Waals surface area contributed by atoms with E-state index in [9.17, 15) is 0 Å². The Hall–Kier alpha value is -2.31. The third kappa shape index (κ3) is 4.15. The second-order valence-corrected chi connectivity index (χ2v) is 6.14. The number of aliphatic hydroxyl groups is 1. The number of aromatic nitrogens is 3. The molecule has 24 heavy (non-hydrogen) atoms. The SMILES string of the molecule is OCCCNc1cc(-c2cncc(Br)c2)nc(-c2ccccc2)n1. The molecule has 2 N–H and O–H groups in total. The van der Waals surface area contributed by atoms with Gasteiger partial charge in [-0.3, -0.25) is 4.98 Å². The highest BCUT2D eigenvalue weighted by Gasteiger charge is 2.09. The van der Waals surface area contributed by atoms with Crippen LogP contribution in [0.25, 0.3) is 22.6 Å². The molecule has 0 bridgehead atoms. The van der Waals surface area contributed by atoms with Crippen molar-refractivity contribution in [2.24, 2.45) is 0 Å². The number of nitrogens with zero attached hydrogens (tertiary/aromatic N) is 3. The molecule has 2 heterocycles. The van der Waals surface area contributed by atoms with Gasteiger partial charge in [-0.15, -0.1) is 0 Å². The summed E-state index contributed by atoms with van der Waals surface area (Å²) in [4.78, 5) is 13.5. The van der Waals surface area contributed by atoms with Crippen LogP contribution >= 0.6 is 15.9 Å². The zero-order chi connectivity index (χ0) is 16.8. The van der Waals surface area contributed by atoms with E-state index in [1.165, 1.54) is 0 Å². The zero-order valence-corrected chi connectivity index (χ0v) is 14.6. The Morgan fingerprint density at radius 3 is 2.58 bits per heavy atom. The molecule has 6 heteroatoms. The molecule has 0 saturated carbocycles. The molecule has 0 aliphatic heterocycles. The van der Waals surface area contributed by atoms with Crippen molar-refractivity contribution in [3.05, 3.63) is 59.3 Å². The van der Waals surface area contributed by atoms with Gasteiger partial charge in [-0.1, -0.05) is 30.3 Å². The average Bonchev–Trinajstić information content (AvgIpc) is 2.62. The third-order valence-electron chi connectivity index (χ3n) is 3.40. The van der Waals surface area contributed by atoms with Gasteiger partial charge in [0.1, 0.15) is 5.82 Å². The lowest BCUT2D eigenvalue weighted by molar-refractivity contribution is 0.292. The first-order valence-electron chi connectivity index (χ1n) is 7.66. The second-order valence-electron chi connectivity index (χ2n) is 5.22. The topological polar surface area (TPSA) is 70.9 Å². The Labute approximate surface area is 149 Å². The van der Waals surface area contributed by atoms with Gasteiger partial charge in [0.05, 0.1) is 5.69 Å². The van der Waals surface area contributed by atoms with E-state index in [1.54, 1.807) is 12.4 Å². The highest BCUT2D eigenvalue weighted by molar-refractivity contribution is 9.10. The van der Waals surface area contributed by atoms with Crippen molar-refractivity contribution in [1.29, 1.82) is 0 Å². The summed E-state index contributed by atoms with van der Waals surface area (Å²) in [6, 6.07) is 13.7. The Morgan fingerprint density at radius 2 is 1.83 bits per heavy atom. The Kier molecular flexibility index (Phi) is 5.51. The molecule has 0 aliphatic carbocycles. The van der Waals surface area contributed by atoms with Crippen LogP contribution in [0.15, 0.2) is 59.3 Å². The van der Waals surface area contributed by atoms with Crippen molar-refractivity contribution in [2.45, 2.75) is 6.42 Å². The molecular weight excluding hydrogens is 368 g/mol. The maximum Gasteiger partial charge on any atom is 0.162 e. The van der Waals surface area contributed by atoms with Gasteiger partial charge in [-0.2, -0.15) is 0 Å². The third-order valence-corrected chi connectivity index (χ3v) is 3.83. The molecule has 0 amide bonds. The van der Waals surface area contributed by atoms with E-state index in [4.69, 9.17) is 5.11 Å². The Balaban J connectivity index is 2.02. The predicted octanol–water partition coefficient (Wildman–Crippen LogP) is 3.76. The number of nitrogens with one attached hydrogen (secondary N) is 1. The van der Waals surface area contributed by atoms with Crippen molar-refractivity contribution in [2.75, 3.05) is 18.5 Å². The van der Waals surface area contributed by atoms with E-state index >= 15 is 0 Å². The van der Waals surface area contributed by atoms with Crippen LogP contribution < -0.4 is 5.32 Å². The van der Waals surface area contributed by atoms with Gasteiger partial charge in [0, 0.05) is 47.2 Å². The molecule has 1 aromatic carbocycles. The van der Waals surface area contributed by atoms with Crippen molar-refractivity contribution < 1.29 is 5.11 Å². The Morgan fingerprint density at radius 1 is 1.00 bits per heavy atom. The number of hydrogen-bond acceptors (Lipinski definition) is 5. The van der Waals surface area contributed by atoms with Crippen LogP contribution in [0, 0.1) is 0 Å². The molecule has 0 aliphatic rings. The van der Waals surface area contributed by atoms with Gasteiger partial charge in [-0.25, -0.2) is 9.97 Å². The number of benzene rings is 1. The average molecular weight is 385 g/mol. The van der Waals surface area contributed by atoms with E-state index in [0.717, 1.165) is 27.1 Å². The smallest absolute Gasteiger partial charge is 0.162 e. The monoisotopic (exact) mass is 384 g/mol. The largest absolute Gasteiger partial charge is 0.396 e. The van der Waals surface area contributed by atoms with Gasteiger partial charge < -0.3 is 10.4 Å². The molecule has 0 atom stereocenters. The summed E-state index contributed by atoms with van der Waals surface area (Å²) in [5.74, 6) is 1.38. The van der Waals surface area contributed by atoms with E-state index in [-0.39, 0.29) is 6.61 Å². The summed E-state index contributed by atoms with van der Waals surface area (Å²) >= 11 is 3.44. The molecular formula is C18H17BrN4O. The highest BCUT2D eigenvalue weighted by atomic mass is 79.9. The van der Waals surface area contributed by atoms with Gasteiger partial charge >= 0.3 is 0 Å². The minimum atomic E-state index is 0.145. The lowest BCUT2D eigenvalue weighted by atomic mass is 10.1. The van der Waals surface area contributed by atoms with E-state index in [1.807, 2.05) is 42.5 Å². The first-order valence-corrected chi connectivity index (χ1v) is 8.46. The number of halogens is 1. The van der Waals surface area contributed by atoms with E-state index < -0.39 is 0 Å². The Bertz CT molecular complexity index is 811. The van der Waals surface area contributed by atoms with Gasteiger partial charge in [-0.05, 0) is 28.4 Å². The summed E-state index contributed by atoms with van der Waals surface area (Å²) in [6.45, 7) is 0.796. The van der Waals surface area contributed by atoms with Crippen LogP contribution in [0.2, 0.25) is 0 Å². The highest BCUT2D eigenvalue weighted by Crippen LogP contribution is 2.25. The zero-order valence-electron chi connectivity index (χ0n) is 13.0. The van der Waals surface area contributed by atoms with Crippen molar-refractivity contribution >= 4 is 21.7 Å². The standard InChI is InChI=1S/C18H17BrN4O/c19-15-9-14(11-20-12-15)16-10-17(21-7-4-8-24)23-18(22-16)13-5-2-1-3-6-13/h1-3,5-6,9-12,24H,4,7-8H2,(H,21,22,23). The molecule has 0 spiro atoms. The summed E-state index contributed by atoms with van der Waals surface area (Å²) < 4.78 is 0.898. The molecule has 3 rings (SSSR count). The van der Waals surface area contributed by atoms with Crippen molar-refractivity contribution in [3.63, 3.8) is 0 Å². The molecule has 3 aromatic rings. The molecule has 122 valence electrons. The molecule has 0 radical (unpaired) electrons. The molecule has 0 saturated heterocycles. The minimum Gasteiger partial charge on any atom is -0.396 e. The normalized spacial score (nSPS) is 10.6. The van der Waals surface area contributed by atoms with E-state index in [0.29, 0.717) is 18.8 Å². The quantitative estimate of drug-likeness (QED) is 0.633. The maximum absolute atomic E-state index is 8.95. The second kappa shape index (κ2) is 7.99. The lowest BCUT2D eigenvalue weighted by Gasteiger charge is -2.10. The lowest BCUT2D eigenvalue weighted by Crippen LogP contribution is -2.06. The van der Waals surface area contributed by atoms with Crippen LogP contribution in [0.4, 0.5) is 5.82 Å². The molecule has 5 nitrogen and oxygen atoms in total. The number of hydrogen-bond donors (Lipinski definition) is 2.